The monoisotopic (exact) mass is 177 g/mol. The Bertz CT molecular complexity index is 389. The fraction of sp³-hybridized carbons (Fsp3) is 0.200. The first kappa shape index (κ1) is 7.77. The number of thiophene rings is 1. The first-order valence-electron chi connectivity index (χ1n) is 4.00. The van der Waals surface area contributed by atoms with Crippen molar-refractivity contribution in [3.05, 3.63) is 35.2 Å². The molecule has 1 heterocycles. The average Bonchev–Trinajstić information content (AvgIpc) is 2.49. The minimum Gasteiger partial charge on any atom is -0.324 e. The summed E-state index contributed by atoms with van der Waals surface area (Å²) in [5.74, 6) is 0. The maximum atomic E-state index is 5.78. The van der Waals surface area contributed by atoms with Gasteiger partial charge in [0.25, 0.3) is 0 Å². The molecule has 0 fully saturated rings. The molecule has 2 aromatic rings. The van der Waals surface area contributed by atoms with Crippen molar-refractivity contribution in [2.24, 2.45) is 5.73 Å². The van der Waals surface area contributed by atoms with Crippen LogP contribution in [0.5, 0.6) is 0 Å². The Morgan fingerprint density at radius 1 is 1.33 bits per heavy atom. The summed E-state index contributed by atoms with van der Waals surface area (Å²) in [6.45, 7) is 2.01. The molecule has 1 aromatic heterocycles. The zero-order valence-electron chi connectivity index (χ0n) is 6.95. The van der Waals surface area contributed by atoms with Gasteiger partial charge in [-0.05, 0) is 41.5 Å². The summed E-state index contributed by atoms with van der Waals surface area (Å²) >= 11 is 1.77. The van der Waals surface area contributed by atoms with Gasteiger partial charge < -0.3 is 5.73 Å². The van der Waals surface area contributed by atoms with Crippen LogP contribution in [-0.2, 0) is 0 Å². The van der Waals surface area contributed by atoms with E-state index in [-0.39, 0.29) is 6.04 Å². The van der Waals surface area contributed by atoms with Crippen LogP contribution in [0.4, 0.5) is 0 Å². The van der Waals surface area contributed by atoms with Crippen molar-refractivity contribution in [3.8, 4) is 0 Å². The van der Waals surface area contributed by atoms with Crippen LogP contribution in [0.25, 0.3) is 10.1 Å². The summed E-state index contributed by atoms with van der Waals surface area (Å²) in [4.78, 5) is 0. The summed E-state index contributed by atoms with van der Waals surface area (Å²) in [5.41, 5.74) is 6.99. The van der Waals surface area contributed by atoms with E-state index in [4.69, 9.17) is 5.73 Å². The molecule has 0 amide bonds. The van der Waals surface area contributed by atoms with Crippen molar-refractivity contribution in [1.29, 1.82) is 0 Å². The van der Waals surface area contributed by atoms with E-state index in [1.54, 1.807) is 11.3 Å². The molecular formula is C10H11NS. The minimum absolute atomic E-state index is 0.134. The van der Waals surface area contributed by atoms with Gasteiger partial charge in [0.15, 0.2) is 0 Å². The third-order valence-corrected chi connectivity index (χ3v) is 2.90. The average molecular weight is 177 g/mol. The Kier molecular flexibility index (Phi) is 1.87. The number of nitrogens with two attached hydrogens (primary N) is 1. The Labute approximate surface area is 75.8 Å². The Hall–Kier alpha value is -0.860. The first-order valence-corrected chi connectivity index (χ1v) is 4.88. The molecule has 0 aliphatic carbocycles. The van der Waals surface area contributed by atoms with Crippen molar-refractivity contribution in [3.63, 3.8) is 0 Å². The lowest BCUT2D eigenvalue weighted by Gasteiger charge is -2.04. The second-order valence-electron chi connectivity index (χ2n) is 3.01. The largest absolute Gasteiger partial charge is 0.324 e. The van der Waals surface area contributed by atoms with Crippen LogP contribution in [0, 0.1) is 0 Å². The van der Waals surface area contributed by atoms with Gasteiger partial charge in [0.2, 0.25) is 0 Å². The summed E-state index contributed by atoms with van der Waals surface area (Å²) in [6, 6.07) is 8.67. The fourth-order valence-electron chi connectivity index (χ4n) is 1.27. The second kappa shape index (κ2) is 2.88. The predicted molar refractivity (Wildman–Crippen MR) is 54.4 cm³/mol. The summed E-state index contributed by atoms with van der Waals surface area (Å²) in [7, 11) is 0. The minimum atomic E-state index is 0.134. The van der Waals surface area contributed by atoms with Gasteiger partial charge in [-0.1, -0.05) is 6.07 Å². The molecule has 62 valence electrons. The van der Waals surface area contributed by atoms with Crippen molar-refractivity contribution >= 4 is 21.4 Å². The van der Waals surface area contributed by atoms with E-state index in [0.717, 1.165) is 0 Å². The predicted octanol–water partition coefficient (Wildman–Crippen LogP) is 2.92. The zero-order valence-corrected chi connectivity index (χ0v) is 7.77. The molecule has 1 aromatic carbocycles. The molecule has 0 saturated heterocycles. The topological polar surface area (TPSA) is 26.0 Å². The molecule has 0 unspecified atom stereocenters. The molecule has 0 saturated carbocycles. The normalized spacial score (nSPS) is 13.5. The third kappa shape index (κ3) is 1.24. The molecule has 0 aliphatic rings. The lowest BCUT2D eigenvalue weighted by molar-refractivity contribution is 0.820. The molecule has 1 atom stereocenters. The van der Waals surface area contributed by atoms with E-state index < -0.39 is 0 Å². The number of fused-ring (bicyclic) bond motifs is 1. The quantitative estimate of drug-likeness (QED) is 0.712. The SMILES string of the molecule is C[C@H](N)c1ccc2sccc2c1. The highest BCUT2D eigenvalue weighted by molar-refractivity contribution is 7.17. The van der Waals surface area contributed by atoms with Gasteiger partial charge in [-0.25, -0.2) is 0 Å². The van der Waals surface area contributed by atoms with Gasteiger partial charge in [-0.15, -0.1) is 11.3 Å². The zero-order chi connectivity index (χ0) is 8.55. The molecular weight excluding hydrogens is 166 g/mol. The van der Waals surface area contributed by atoms with E-state index in [1.807, 2.05) is 6.92 Å². The van der Waals surface area contributed by atoms with Gasteiger partial charge in [-0.3, -0.25) is 0 Å². The van der Waals surface area contributed by atoms with Crippen LogP contribution >= 0.6 is 11.3 Å². The maximum absolute atomic E-state index is 5.78. The molecule has 0 aliphatic heterocycles. The van der Waals surface area contributed by atoms with Gasteiger partial charge in [0, 0.05) is 10.7 Å². The fourth-order valence-corrected chi connectivity index (χ4v) is 2.04. The maximum Gasteiger partial charge on any atom is 0.0342 e. The first-order chi connectivity index (χ1) is 5.77. The van der Waals surface area contributed by atoms with Crippen molar-refractivity contribution in [2.75, 3.05) is 0 Å². The highest BCUT2D eigenvalue weighted by Gasteiger charge is 2.00. The number of rotatable bonds is 1. The third-order valence-electron chi connectivity index (χ3n) is 2.00. The van der Waals surface area contributed by atoms with Gasteiger partial charge in [0.05, 0.1) is 0 Å². The number of hydrogen-bond acceptors (Lipinski definition) is 2. The van der Waals surface area contributed by atoms with Gasteiger partial charge >= 0.3 is 0 Å². The summed E-state index contributed by atoms with van der Waals surface area (Å²) in [6.07, 6.45) is 0. The van der Waals surface area contributed by atoms with E-state index in [1.165, 1.54) is 15.6 Å². The Morgan fingerprint density at radius 3 is 2.92 bits per heavy atom. The highest BCUT2D eigenvalue weighted by atomic mass is 32.1. The Morgan fingerprint density at radius 2 is 2.17 bits per heavy atom. The molecule has 2 N–H and O–H groups in total. The molecule has 0 bridgehead atoms. The highest BCUT2D eigenvalue weighted by Crippen LogP contribution is 2.23. The van der Waals surface area contributed by atoms with Gasteiger partial charge in [0.1, 0.15) is 0 Å². The van der Waals surface area contributed by atoms with E-state index in [9.17, 15) is 0 Å². The van der Waals surface area contributed by atoms with Crippen LogP contribution in [0.3, 0.4) is 0 Å². The standard InChI is InChI=1S/C10H11NS/c1-7(11)8-2-3-10-9(6-8)4-5-12-10/h2-7H,11H2,1H3/t7-/m0/s1. The van der Waals surface area contributed by atoms with Crippen LogP contribution in [0.15, 0.2) is 29.6 Å². The van der Waals surface area contributed by atoms with Crippen molar-refractivity contribution in [2.45, 2.75) is 13.0 Å². The molecule has 0 radical (unpaired) electrons. The van der Waals surface area contributed by atoms with E-state index in [0.29, 0.717) is 0 Å². The van der Waals surface area contributed by atoms with Crippen molar-refractivity contribution in [1.82, 2.24) is 0 Å². The summed E-state index contributed by atoms with van der Waals surface area (Å²) < 4.78 is 1.33. The number of hydrogen-bond donors (Lipinski definition) is 1. The smallest absolute Gasteiger partial charge is 0.0342 e. The van der Waals surface area contributed by atoms with Crippen LogP contribution in [0.1, 0.15) is 18.5 Å². The Balaban J connectivity index is 2.60. The van der Waals surface area contributed by atoms with Crippen LogP contribution < -0.4 is 5.73 Å². The second-order valence-corrected chi connectivity index (χ2v) is 3.95. The molecule has 0 spiro atoms. The van der Waals surface area contributed by atoms with E-state index in [2.05, 4.69) is 29.6 Å². The summed E-state index contributed by atoms with van der Waals surface area (Å²) in [5, 5.41) is 3.41. The molecule has 2 rings (SSSR count). The van der Waals surface area contributed by atoms with Crippen LogP contribution in [-0.4, -0.2) is 0 Å². The molecule has 2 heteroatoms. The molecule has 1 nitrogen and oxygen atoms in total. The van der Waals surface area contributed by atoms with E-state index >= 15 is 0 Å². The molecule has 12 heavy (non-hydrogen) atoms. The van der Waals surface area contributed by atoms with Crippen molar-refractivity contribution < 1.29 is 0 Å². The lowest BCUT2D eigenvalue weighted by Crippen LogP contribution is -2.03. The lowest BCUT2D eigenvalue weighted by atomic mass is 10.1. The van der Waals surface area contributed by atoms with Crippen LogP contribution in [0.2, 0.25) is 0 Å². The number of benzene rings is 1. The van der Waals surface area contributed by atoms with Gasteiger partial charge in [-0.2, -0.15) is 0 Å².